The molecule has 0 radical (unpaired) electrons. The zero-order chi connectivity index (χ0) is 27.7. The van der Waals surface area contributed by atoms with E-state index in [9.17, 15) is 23.1 Å². The number of carbonyl (C=O) groups excluding carboxylic acids is 1. The van der Waals surface area contributed by atoms with Gasteiger partial charge in [-0.1, -0.05) is 48.5 Å². The third-order valence-electron chi connectivity index (χ3n) is 7.62. The van der Waals surface area contributed by atoms with Crippen molar-refractivity contribution in [1.29, 1.82) is 0 Å². The molecular formula is C32H30F3NO3. The third kappa shape index (κ3) is 5.56. The molecule has 5 rings (SSSR count). The maximum absolute atomic E-state index is 13.0. The van der Waals surface area contributed by atoms with Gasteiger partial charge in [-0.3, -0.25) is 0 Å². The molecule has 202 valence electrons. The second kappa shape index (κ2) is 10.8. The van der Waals surface area contributed by atoms with Gasteiger partial charge in [0.2, 0.25) is 0 Å². The smallest absolute Gasteiger partial charge is 0.416 e. The maximum atomic E-state index is 13.0. The summed E-state index contributed by atoms with van der Waals surface area (Å²) >= 11 is 0. The molecule has 1 aliphatic carbocycles. The first-order chi connectivity index (χ1) is 18.7. The minimum Gasteiger partial charge on any atom is -0.462 e. The van der Waals surface area contributed by atoms with Gasteiger partial charge in [-0.05, 0) is 101 Å². The number of halogens is 3. The summed E-state index contributed by atoms with van der Waals surface area (Å²) in [6.07, 6.45) is -2.77. The van der Waals surface area contributed by atoms with Gasteiger partial charge in [0.05, 0.1) is 17.7 Å². The lowest BCUT2D eigenvalue weighted by Crippen LogP contribution is -2.15. The molecule has 0 saturated heterocycles. The fraction of sp³-hybridized carbons (Fsp3) is 0.281. The maximum Gasteiger partial charge on any atom is 0.416 e. The van der Waals surface area contributed by atoms with E-state index in [0.29, 0.717) is 11.1 Å². The highest BCUT2D eigenvalue weighted by Crippen LogP contribution is 2.40. The van der Waals surface area contributed by atoms with Crippen molar-refractivity contribution < 1.29 is 27.8 Å². The number of nitrogens with two attached hydrogens (primary N) is 1. The number of rotatable bonds is 6. The molecule has 39 heavy (non-hydrogen) atoms. The van der Waals surface area contributed by atoms with Crippen molar-refractivity contribution in [2.75, 3.05) is 13.2 Å². The van der Waals surface area contributed by atoms with Crippen molar-refractivity contribution in [3.05, 3.63) is 95.6 Å². The number of aliphatic hydroxyl groups is 1. The Bertz CT molecular complexity index is 1480. The number of hydrogen-bond acceptors (Lipinski definition) is 4. The molecule has 1 fully saturated rings. The number of fused-ring (bicyclic) bond motifs is 1. The molecule has 0 unspecified atom stereocenters. The molecule has 4 aromatic rings. The molecule has 0 aromatic heterocycles. The average Bonchev–Trinajstić information content (AvgIpc) is 3.32. The van der Waals surface area contributed by atoms with Gasteiger partial charge in [-0.2, -0.15) is 13.2 Å². The van der Waals surface area contributed by atoms with Crippen LogP contribution < -0.4 is 5.73 Å². The lowest BCUT2D eigenvalue weighted by atomic mass is 9.87. The van der Waals surface area contributed by atoms with Gasteiger partial charge in [-0.15, -0.1) is 0 Å². The van der Waals surface area contributed by atoms with Gasteiger partial charge in [0.25, 0.3) is 0 Å². The van der Waals surface area contributed by atoms with Crippen molar-refractivity contribution >= 4 is 16.7 Å². The zero-order valence-electron chi connectivity index (χ0n) is 21.5. The number of aliphatic hydroxyl groups excluding tert-OH is 1. The summed E-state index contributed by atoms with van der Waals surface area (Å²) < 4.78 is 44.3. The number of hydrogen-bond donors (Lipinski definition) is 2. The largest absolute Gasteiger partial charge is 0.462 e. The highest BCUT2D eigenvalue weighted by molar-refractivity contribution is 6.04. The van der Waals surface area contributed by atoms with Gasteiger partial charge < -0.3 is 15.6 Å². The van der Waals surface area contributed by atoms with Gasteiger partial charge in [0.1, 0.15) is 0 Å². The van der Waals surface area contributed by atoms with Crippen LogP contribution in [-0.2, 0) is 10.9 Å². The molecule has 1 aliphatic rings. The Morgan fingerprint density at radius 2 is 1.59 bits per heavy atom. The molecule has 4 aromatic carbocycles. The quantitative estimate of drug-likeness (QED) is 0.258. The van der Waals surface area contributed by atoms with Crippen LogP contribution in [0.25, 0.3) is 33.0 Å². The Labute approximate surface area is 225 Å². The number of esters is 1. The normalized spacial score (nSPS) is 19.4. The number of alkyl halides is 3. The van der Waals surface area contributed by atoms with E-state index < -0.39 is 17.7 Å². The first-order valence-corrected chi connectivity index (χ1v) is 13.1. The summed E-state index contributed by atoms with van der Waals surface area (Å²) in [6.45, 7) is 2.09. The van der Waals surface area contributed by atoms with Gasteiger partial charge in [0.15, 0.2) is 0 Å². The fourth-order valence-corrected chi connectivity index (χ4v) is 5.66. The summed E-state index contributed by atoms with van der Waals surface area (Å²) in [6, 6.07) is 22.5. The number of benzene rings is 4. The molecule has 3 N–H and O–H groups in total. The molecular weight excluding hydrogens is 503 g/mol. The summed E-state index contributed by atoms with van der Waals surface area (Å²) in [7, 11) is 0. The predicted molar refractivity (Wildman–Crippen MR) is 146 cm³/mol. The van der Waals surface area contributed by atoms with Crippen molar-refractivity contribution in [3.8, 4) is 22.3 Å². The summed E-state index contributed by atoms with van der Waals surface area (Å²) in [5.74, 6) is -0.0988. The topological polar surface area (TPSA) is 72.5 Å². The van der Waals surface area contributed by atoms with Crippen molar-refractivity contribution in [3.63, 3.8) is 0 Å². The first-order valence-electron chi connectivity index (χ1n) is 13.1. The monoisotopic (exact) mass is 533 g/mol. The minimum absolute atomic E-state index is 0.0795. The van der Waals surface area contributed by atoms with Crippen LogP contribution in [0.5, 0.6) is 0 Å². The summed E-state index contributed by atoms with van der Waals surface area (Å²) in [4.78, 5) is 12.7. The Balaban J connectivity index is 1.56. The molecule has 0 aliphatic heterocycles. The first kappa shape index (κ1) is 26.9. The number of carbonyl (C=O) groups is 1. The van der Waals surface area contributed by atoms with Crippen LogP contribution >= 0.6 is 0 Å². The lowest BCUT2D eigenvalue weighted by Gasteiger charge is -2.18. The molecule has 7 heteroatoms. The Hall–Kier alpha value is -3.68. The molecule has 4 nitrogen and oxygen atoms in total. The van der Waals surface area contributed by atoms with E-state index in [1.165, 1.54) is 12.1 Å². The van der Waals surface area contributed by atoms with E-state index in [4.69, 9.17) is 10.5 Å². The molecule has 1 saturated carbocycles. The molecule has 0 amide bonds. The van der Waals surface area contributed by atoms with E-state index in [1.54, 1.807) is 13.0 Å². The van der Waals surface area contributed by atoms with E-state index in [-0.39, 0.29) is 31.1 Å². The van der Waals surface area contributed by atoms with E-state index in [1.807, 2.05) is 36.4 Å². The third-order valence-corrected chi connectivity index (χ3v) is 7.62. The Morgan fingerprint density at radius 3 is 2.23 bits per heavy atom. The standard InChI is InChI=1S/C32H30F3NO3/c1-2-39-31(38)24-14-23-13-22(19-7-10-26(11-8-19)32(33,34)35)9-12-28(23)30(16-24)21-5-3-20(4-6-21)29-17-27(36)15-25(29)18-37/h3-14,16,25,27,29,37H,2,15,17-18,36H2,1H3/t25-,27-,29-/m0/s1. The predicted octanol–water partition coefficient (Wildman–Crippen LogP) is 7.18. The zero-order valence-corrected chi connectivity index (χ0v) is 21.5. The van der Waals surface area contributed by atoms with E-state index >= 15 is 0 Å². The van der Waals surface area contributed by atoms with Crippen LogP contribution in [0.2, 0.25) is 0 Å². The van der Waals surface area contributed by atoms with Crippen LogP contribution in [0.15, 0.2) is 78.9 Å². The summed E-state index contributed by atoms with van der Waals surface area (Å²) in [5.41, 5.74) is 10.1. The minimum atomic E-state index is -4.40. The van der Waals surface area contributed by atoms with Crippen LogP contribution in [0.4, 0.5) is 13.2 Å². The molecule has 0 bridgehead atoms. The van der Waals surface area contributed by atoms with E-state index in [2.05, 4.69) is 12.1 Å². The Kier molecular flexibility index (Phi) is 7.47. The van der Waals surface area contributed by atoms with Crippen LogP contribution in [-0.4, -0.2) is 30.3 Å². The van der Waals surface area contributed by atoms with Gasteiger partial charge in [-0.25, -0.2) is 4.79 Å². The fourth-order valence-electron chi connectivity index (χ4n) is 5.66. The summed E-state index contributed by atoms with van der Waals surface area (Å²) in [5, 5.41) is 11.5. The highest BCUT2D eigenvalue weighted by Gasteiger charge is 2.33. The lowest BCUT2D eigenvalue weighted by molar-refractivity contribution is -0.137. The van der Waals surface area contributed by atoms with Crippen LogP contribution in [0.3, 0.4) is 0 Å². The van der Waals surface area contributed by atoms with Gasteiger partial charge >= 0.3 is 12.1 Å². The number of ether oxygens (including phenoxy) is 1. The van der Waals surface area contributed by atoms with E-state index in [0.717, 1.165) is 58.0 Å². The van der Waals surface area contributed by atoms with Crippen molar-refractivity contribution in [1.82, 2.24) is 0 Å². The highest BCUT2D eigenvalue weighted by atomic mass is 19.4. The van der Waals surface area contributed by atoms with Crippen molar-refractivity contribution in [2.45, 2.75) is 37.9 Å². The molecule has 3 atom stereocenters. The second-order valence-corrected chi connectivity index (χ2v) is 10.2. The SMILES string of the molecule is CCOC(=O)c1cc(-c2ccc([C@@H]3C[C@@H](N)C[C@H]3CO)cc2)c2ccc(-c3ccc(C(F)(F)F)cc3)cc2c1. The molecule has 0 heterocycles. The van der Waals surface area contributed by atoms with Crippen LogP contribution in [0.1, 0.15) is 47.2 Å². The Morgan fingerprint density at radius 1 is 0.923 bits per heavy atom. The van der Waals surface area contributed by atoms with Crippen molar-refractivity contribution in [2.24, 2.45) is 11.7 Å². The molecule has 0 spiro atoms. The second-order valence-electron chi connectivity index (χ2n) is 10.2. The van der Waals surface area contributed by atoms with Crippen LogP contribution in [0, 0.1) is 5.92 Å². The van der Waals surface area contributed by atoms with Gasteiger partial charge in [0, 0.05) is 12.6 Å². The average molecular weight is 534 g/mol.